The fraction of sp³-hybridized carbons (Fsp3) is 0.276. The predicted molar refractivity (Wildman–Crippen MR) is 152 cm³/mol. The van der Waals surface area contributed by atoms with Crippen LogP contribution in [0.25, 0.3) is 0 Å². The monoisotopic (exact) mass is 634 g/mol. The zero-order valence-electron chi connectivity index (χ0n) is 23.6. The number of nitrogens with one attached hydrogen (secondary N) is 3. The van der Waals surface area contributed by atoms with Crippen LogP contribution in [0.5, 0.6) is 11.5 Å². The van der Waals surface area contributed by atoms with Gasteiger partial charge in [0.2, 0.25) is 11.8 Å². The number of anilines is 1. The Kier molecular flexibility index (Phi) is 9.67. The third kappa shape index (κ3) is 7.78. The lowest BCUT2D eigenvalue weighted by atomic mass is 10.1. The number of sulfonamides is 1. The van der Waals surface area contributed by atoms with Crippen molar-refractivity contribution in [2.75, 3.05) is 32.0 Å². The number of ether oxygens (including phenoxy) is 2. The molecule has 44 heavy (non-hydrogen) atoms. The number of likely N-dealkylation sites (tertiary alicyclic amines) is 1. The van der Waals surface area contributed by atoms with Gasteiger partial charge in [-0.15, -0.1) is 0 Å². The molecule has 3 aromatic rings. The Bertz CT molecular complexity index is 1660. The first-order chi connectivity index (χ1) is 20.8. The maximum atomic E-state index is 13.0. The van der Waals surface area contributed by atoms with Crippen molar-refractivity contribution in [2.24, 2.45) is 5.92 Å². The maximum absolute atomic E-state index is 13.0. The number of hydrogen-bond acceptors (Lipinski definition) is 7. The number of carbonyl (C=O) groups is 3. The molecule has 1 aliphatic rings. The van der Waals surface area contributed by atoms with Gasteiger partial charge in [-0.25, -0.2) is 8.42 Å². The van der Waals surface area contributed by atoms with E-state index in [2.05, 4.69) is 15.6 Å². The summed E-state index contributed by atoms with van der Waals surface area (Å²) in [6.07, 6.45) is -4.21. The lowest BCUT2D eigenvalue weighted by molar-refractivity contribution is -0.137. The minimum atomic E-state index is -4.67. The highest BCUT2D eigenvalue weighted by molar-refractivity contribution is 7.92. The maximum Gasteiger partial charge on any atom is 0.416 e. The number of benzene rings is 3. The Balaban J connectivity index is 1.32. The summed E-state index contributed by atoms with van der Waals surface area (Å²) in [7, 11) is -1.31. The molecule has 0 spiro atoms. The van der Waals surface area contributed by atoms with E-state index in [-0.39, 0.29) is 35.0 Å². The molecule has 0 radical (unpaired) electrons. The van der Waals surface area contributed by atoms with Crippen molar-refractivity contribution in [2.45, 2.75) is 23.9 Å². The molecule has 0 aliphatic carbocycles. The lowest BCUT2D eigenvalue weighted by Gasteiger charge is -2.17. The summed E-state index contributed by atoms with van der Waals surface area (Å²) < 4.78 is 77.2. The molecule has 1 atom stereocenters. The van der Waals surface area contributed by atoms with Gasteiger partial charge in [0, 0.05) is 30.8 Å². The van der Waals surface area contributed by atoms with Crippen LogP contribution >= 0.6 is 0 Å². The van der Waals surface area contributed by atoms with Gasteiger partial charge in [-0.2, -0.15) is 13.2 Å². The molecule has 0 unspecified atom stereocenters. The Hall–Kier alpha value is -4.79. The molecule has 4 rings (SSSR count). The highest BCUT2D eigenvalue weighted by Gasteiger charge is 2.34. The first-order valence-corrected chi connectivity index (χ1v) is 14.7. The average Bonchev–Trinajstić information content (AvgIpc) is 3.38. The van der Waals surface area contributed by atoms with Crippen molar-refractivity contribution in [1.29, 1.82) is 0 Å². The minimum absolute atomic E-state index is 0.0530. The van der Waals surface area contributed by atoms with Crippen LogP contribution in [0.4, 0.5) is 18.9 Å². The van der Waals surface area contributed by atoms with Crippen LogP contribution in [0.2, 0.25) is 0 Å². The fourth-order valence-corrected chi connectivity index (χ4v) is 5.63. The summed E-state index contributed by atoms with van der Waals surface area (Å²) >= 11 is 0. The number of hydrazine groups is 1. The van der Waals surface area contributed by atoms with Crippen LogP contribution < -0.4 is 25.0 Å². The Morgan fingerprint density at radius 1 is 0.955 bits per heavy atom. The van der Waals surface area contributed by atoms with Crippen molar-refractivity contribution in [3.05, 3.63) is 83.4 Å². The molecule has 1 aliphatic heterocycles. The Labute approximate surface area is 251 Å². The second-order valence-corrected chi connectivity index (χ2v) is 11.5. The van der Waals surface area contributed by atoms with Crippen molar-refractivity contribution in [1.82, 2.24) is 15.8 Å². The second kappa shape index (κ2) is 13.2. The molecule has 0 bridgehead atoms. The summed E-state index contributed by atoms with van der Waals surface area (Å²) in [6, 6.07) is 13.8. The normalized spacial score (nSPS) is 15.1. The quantitative estimate of drug-likeness (QED) is 0.290. The van der Waals surface area contributed by atoms with E-state index < -0.39 is 39.5 Å². The number of nitrogens with zero attached hydrogens (tertiary/aromatic N) is 1. The molecule has 11 nitrogen and oxygen atoms in total. The van der Waals surface area contributed by atoms with E-state index >= 15 is 0 Å². The van der Waals surface area contributed by atoms with Gasteiger partial charge in [-0.3, -0.25) is 30.0 Å². The van der Waals surface area contributed by atoms with Crippen molar-refractivity contribution < 1.29 is 45.4 Å². The molecule has 0 aromatic heterocycles. The molecule has 3 amide bonds. The number of methoxy groups -OCH3 is 2. The highest BCUT2D eigenvalue weighted by atomic mass is 32.2. The third-order valence-corrected chi connectivity index (χ3v) is 8.23. The van der Waals surface area contributed by atoms with Crippen molar-refractivity contribution in [3.63, 3.8) is 0 Å². The standard InChI is InChI=1S/C29H29F3N4O7S/c1-42-24-10-9-18(13-25(24)43-2)11-12-36-17-20(15-26(36)37)28(39)34-33-27(38)19-5-3-8-23(14-19)44(40,41)35-22-7-4-6-21(16-22)29(30,31)32/h3-10,13-14,16,20,35H,11-12,15,17H2,1-2H3,(H,33,38)(H,34,39)/t20-/m0/s1. The third-order valence-electron chi connectivity index (χ3n) is 6.85. The van der Waals surface area contributed by atoms with E-state index in [0.717, 1.165) is 35.9 Å². The lowest BCUT2D eigenvalue weighted by Crippen LogP contribution is -2.45. The molecule has 1 fully saturated rings. The van der Waals surface area contributed by atoms with Gasteiger partial charge < -0.3 is 14.4 Å². The van der Waals surface area contributed by atoms with Crippen LogP contribution in [-0.4, -0.2) is 58.3 Å². The topological polar surface area (TPSA) is 143 Å². The summed E-state index contributed by atoms with van der Waals surface area (Å²) in [6.45, 7) is 0.503. The van der Waals surface area contributed by atoms with Crippen LogP contribution in [-0.2, 0) is 32.2 Å². The molecular weight excluding hydrogens is 605 g/mol. The molecule has 1 saturated heterocycles. The first kappa shape index (κ1) is 32.1. The smallest absolute Gasteiger partial charge is 0.416 e. The van der Waals surface area contributed by atoms with Crippen molar-refractivity contribution in [3.8, 4) is 11.5 Å². The molecular formula is C29H29F3N4O7S. The number of alkyl halides is 3. The minimum Gasteiger partial charge on any atom is -0.493 e. The molecule has 234 valence electrons. The second-order valence-electron chi connectivity index (χ2n) is 9.84. The van der Waals surface area contributed by atoms with Crippen LogP contribution in [0.15, 0.2) is 71.6 Å². The number of amides is 3. The average molecular weight is 635 g/mol. The molecule has 0 saturated carbocycles. The van der Waals surface area contributed by atoms with E-state index in [0.29, 0.717) is 30.5 Å². The highest BCUT2D eigenvalue weighted by Crippen LogP contribution is 2.31. The van der Waals surface area contributed by atoms with Gasteiger partial charge in [0.25, 0.3) is 15.9 Å². The molecule has 3 N–H and O–H groups in total. The van der Waals surface area contributed by atoms with E-state index in [1.54, 1.807) is 17.0 Å². The molecule has 15 heteroatoms. The zero-order valence-corrected chi connectivity index (χ0v) is 24.4. The van der Waals surface area contributed by atoms with Gasteiger partial charge in [-0.05, 0) is 60.5 Å². The van der Waals surface area contributed by atoms with E-state index in [4.69, 9.17) is 9.47 Å². The SMILES string of the molecule is COc1ccc(CCN2C[C@@H](C(=O)NNC(=O)c3cccc(S(=O)(=O)Nc4cccc(C(F)(F)F)c4)c3)CC2=O)cc1OC. The fourth-order valence-electron chi connectivity index (χ4n) is 4.53. The van der Waals surface area contributed by atoms with E-state index in [1.165, 1.54) is 26.4 Å². The first-order valence-electron chi connectivity index (χ1n) is 13.2. The number of rotatable bonds is 10. The van der Waals surface area contributed by atoms with Crippen LogP contribution in [0.1, 0.15) is 27.9 Å². The summed E-state index contributed by atoms with van der Waals surface area (Å²) in [5, 5.41) is 0. The zero-order chi connectivity index (χ0) is 32.1. The van der Waals surface area contributed by atoms with E-state index in [1.807, 2.05) is 6.07 Å². The number of carbonyl (C=O) groups excluding carboxylic acids is 3. The van der Waals surface area contributed by atoms with Gasteiger partial charge in [0.05, 0.1) is 30.6 Å². The van der Waals surface area contributed by atoms with Crippen molar-refractivity contribution >= 4 is 33.4 Å². The predicted octanol–water partition coefficient (Wildman–Crippen LogP) is 3.38. The van der Waals surface area contributed by atoms with E-state index in [9.17, 15) is 36.0 Å². The molecule has 1 heterocycles. The van der Waals surface area contributed by atoms with Gasteiger partial charge >= 0.3 is 6.18 Å². The number of hydrogen-bond donors (Lipinski definition) is 3. The Morgan fingerprint density at radius 2 is 1.68 bits per heavy atom. The largest absolute Gasteiger partial charge is 0.493 e. The van der Waals surface area contributed by atoms with Gasteiger partial charge in [0.15, 0.2) is 11.5 Å². The van der Waals surface area contributed by atoms with Crippen LogP contribution in [0, 0.1) is 5.92 Å². The van der Waals surface area contributed by atoms with Gasteiger partial charge in [-0.1, -0.05) is 18.2 Å². The number of halogens is 3. The summed E-state index contributed by atoms with van der Waals surface area (Å²) in [4.78, 5) is 39.1. The summed E-state index contributed by atoms with van der Waals surface area (Å²) in [5.41, 5.74) is 3.88. The van der Waals surface area contributed by atoms with Gasteiger partial charge in [0.1, 0.15) is 0 Å². The molecule has 3 aromatic carbocycles. The van der Waals surface area contributed by atoms with Crippen LogP contribution in [0.3, 0.4) is 0 Å². The summed E-state index contributed by atoms with van der Waals surface area (Å²) in [5.74, 6) is -1.26. The Morgan fingerprint density at radius 3 is 2.39 bits per heavy atom.